The molecule has 0 fully saturated rings. The Bertz CT molecular complexity index is 1260. The molecule has 0 radical (unpaired) electrons. The number of aryl methyl sites for hydroxylation is 1. The zero-order chi connectivity index (χ0) is 21.2. The van der Waals surface area contributed by atoms with Crippen LogP contribution in [0.3, 0.4) is 0 Å². The van der Waals surface area contributed by atoms with Crippen molar-refractivity contribution in [3.8, 4) is 23.3 Å². The summed E-state index contributed by atoms with van der Waals surface area (Å²) < 4.78 is 19.2. The van der Waals surface area contributed by atoms with Crippen molar-refractivity contribution in [1.29, 1.82) is 5.26 Å². The molecular formula is C22H17N5O3S. The standard InChI is InChI=1S/C22H17N5O3S/c1-14-16(11-23)17(27(26-14)15-7-3-2-4-8-15)13-31-22-25-24-21(30-22)20-12-28-18-9-5-6-10-19(18)29-20/h2-10,20H,12-13H2,1H3. The first-order chi connectivity index (χ1) is 15.2. The average molecular weight is 431 g/mol. The van der Waals surface area contributed by atoms with Gasteiger partial charge in [-0.2, -0.15) is 10.4 Å². The van der Waals surface area contributed by atoms with Crippen LogP contribution >= 0.6 is 11.8 Å². The Labute approximate surface area is 182 Å². The Balaban J connectivity index is 1.34. The number of hydrogen-bond donors (Lipinski definition) is 0. The normalized spacial score (nSPS) is 14.9. The van der Waals surface area contributed by atoms with Crippen LogP contribution in [0.1, 0.15) is 28.9 Å². The van der Waals surface area contributed by atoms with E-state index in [2.05, 4.69) is 21.4 Å². The second kappa shape index (κ2) is 8.16. The molecule has 5 rings (SSSR count). The van der Waals surface area contributed by atoms with Gasteiger partial charge in [-0.1, -0.05) is 42.1 Å². The minimum absolute atomic E-state index is 0.294. The molecule has 0 spiro atoms. The minimum Gasteiger partial charge on any atom is -0.485 e. The van der Waals surface area contributed by atoms with E-state index < -0.39 is 6.10 Å². The Morgan fingerprint density at radius 1 is 1.10 bits per heavy atom. The topological polar surface area (TPSA) is 99.0 Å². The van der Waals surface area contributed by atoms with E-state index in [1.807, 2.05) is 61.5 Å². The molecule has 1 aliphatic rings. The number of nitriles is 1. The summed E-state index contributed by atoms with van der Waals surface area (Å²) in [6, 6.07) is 19.4. The van der Waals surface area contributed by atoms with Gasteiger partial charge in [0.2, 0.25) is 6.10 Å². The lowest BCUT2D eigenvalue weighted by Gasteiger charge is -2.23. The minimum atomic E-state index is -0.469. The van der Waals surface area contributed by atoms with Crippen molar-refractivity contribution in [3.63, 3.8) is 0 Å². The number of para-hydroxylation sites is 3. The van der Waals surface area contributed by atoms with E-state index in [0.29, 0.717) is 46.2 Å². The predicted molar refractivity (Wildman–Crippen MR) is 112 cm³/mol. The van der Waals surface area contributed by atoms with E-state index in [-0.39, 0.29) is 0 Å². The van der Waals surface area contributed by atoms with Gasteiger partial charge in [0.05, 0.1) is 22.6 Å². The number of ether oxygens (including phenoxy) is 2. The van der Waals surface area contributed by atoms with E-state index in [0.717, 1.165) is 11.4 Å². The van der Waals surface area contributed by atoms with E-state index in [1.165, 1.54) is 11.8 Å². The molecule has 1 unspecified atom stereocenters. The maximum atomic E-state index is 9.62. The smallest absolute Gasteiger partial charge is 0.277 e. The van der Waals surface area contributed by atoms with Gasteiger partial charge >= 0.3 is 0 Å². The van der Waals surface area contributed by atoms with Gasteiger partial charge in [0.25, 0.3) is 11.1 Å². The number of thioether (sulfide) groups is 1. The molecular weight excluding hydrogens is 414 g/mol. The molecule has 0 aliphatic carbocycles. The summed E-state index contributed by atoms with van der Waals surface area (Å²) in [6.07, 6.45) is -0.469. The molecule has 0 saturated carbocycles. The first-order valence-corrected chi connectivity index (χ1v) is 10.6. The molecule has 2 aromatic heterocycles. The molecule has 0 N–H and O–H groups in total. The highest BCUT2D eigenvalue weighted by atomic mass is 32.2. The zero-order valence-electron chi connectivity index (χ0n) is 16.6. The second-order valence-corrected chi connectivity index (χ2v) is 7.75. The van der Waals surface area contributed by atoms with Crippen molar-refractivity contribution >= 4 is 11.8 Å². The summed E-state index contributed by atoms with van der Waals surface area (Å²) >= 11 is 1.35. The number of rotatable bonds is 5. The van der Waals surface area contributed by atoms with Crippen molar-refractivity contribution in [2.75, 3.05) is 6.61 Å². The Kier molecular flexibility index (Phi) is 5.06. The van der Waals surface area contributed by atoms with Crippen LogP contribution in [0.25, 0.3) is 5.69 Å². The van der Waals surface area contributed by atoms with E-state index >= 15 is 0 Å². The Morgan fingerprint density at radius 3 is 2.68 bits per heavy atom. The lowest BCUT2D eigenvalue weighted by atomic mass is 10.2. The highest BCUT2D eigenvalue weighted by Crippen LogP contribution is 2.36. The van der Waals surface area contributed by atoms with Crippen LogP contribution in [-0.4, -0.2) is 26.6 Å². The van der Waals surface area contributed by atoms with Crippen molar-refractivity contribution in [2.24, 2.45) is 0 Å². The number of fused-ring (bicyclic) bond motifs is 1. The summed E-state index contributed by atoms with van der Waals surface area (Å²) in [4.78, 5) is 0. The summed E-state index contributed by atoms with van der Waals surface area (Å²) in [5.74, 6) is 2.14. The molecule has 2 aromatic carbocycles. The fourth-order valence-electron chi connectivity index (χ4n) is 3.32. The fraction of sp³-hybridized carbons (Fsp3) is 0.182. The van der Waals surface area contributed by atoms with E-state index in [1.54, 1.807) is 4.68 Å². The molecule has 0 bridgehead atoms. The maximum Gasteiger partial charge on any atom is 0.277 e. The molecule has 4 aromatic rings. The molecule has 8 nitrogen and oxygen atoms in total. The molecule has 31 heavy (non-hydrogen) atoms. The third kappa shape index (κ3) is 3.73. The zero-order valence-corrected chi connectivity index (χ0v) is 17.4. The van der Waals surface area contributed by atoms with Crippen LogP contribution in [-0.2, 0) is 5.75 Å². The van der Waals surface area contributed by atoms with Gasteiger partial charge < -0.3 is 13.9 Å². The molecule has 3 heterocycles. The highest BCUT2D eigenvalue weighted by Gasteiger charge is 2.27. The summed E-state index contributed by atoms with van der Waals surface area (Å²) in [6.45, 7) is 2.12. The van der Waals surface area contributed by atoms with Gasteiger partial charge in [-0.15, -0.1) is 10.2 Å². The van der Waals surface area contributed by atoms with Crippen LogP contribution in [0, 0.1) is 18.3 Å². The number of hydrogen-bond acceptors (Lipinski definition) is 8. The maximum absolute atomic E-state index is 9.62. The molecule has 0 saturated heterocycles. The predicted octanol–water partition coefficient (Wildman–Crippen LogP) is 4.24. The third-order valence-electron chi connectivity index (χ3n) is 4.81. The highest BCUT2D eigenvalue weighted by molar-refractivity contribution is 7.98. The summed E-state index contributed by atoms with van der Waals surface area (Å²) in [5.41, 5.74) is 2.90. The Morgan fingerprint density at radius 2 is 1.87 bits per heavy atom. The Hall–Kier alpha value is -3.77. The fourth-order valence-corrected chi connectivity index (χ4v) is 4.09. The van der Waals surface area contributed by atoms with Crippen LogP contribution in [0.15, 0.2) is 64.2 Å². The van der Waals surface area contributed by atoms with Crippen LogP contribution in [0.2, 0.25) is 0 Å². The third-order valence-corrected chi connectivity index (χ3v) is 5.64. The van der Waals surface area contributed by atoms with Crippen molar-refractivity contribution in [2.45, 2.75) is 24.0 Å². The van der Waals surface area contributed by atoms with Crippen molar-refractivity contribution in [3.05, 3.63) is 77.4 Å². The number of nitrogens with zero attached hydrogens (tertiary/aromatic N) is 5. The van der Waals surface area contributed by atoms with Gasteiger partial charge in [-0.05, 0) is 31.2 Å². The summed E-state index contributed by atoms with van der Waals surface area (Å²) in [5, 5.41) is 22.8. The monoisotopic (exact) mass is 431 g/mol. The lowest BCUT2D eigenvalue weighted by molar-refractivity contribution is 0.0686. The number of benzene rings is 2. The van der Waals surface area contributed by atoms with E-state index in [9.17, 15) is 5.26 Å². The first kappa shape index (κ1) is 19.2. The SMILES string of the molecule is Cc1nn(-c2ccccc2)c(CSc2nnc(C3COc4ccccc4O3)o2)c1C#N. The van der Waals surface area contributed by atoms with E-state index in [4.69, 9.17) is 13.9 Å². The van der Waals surface area contributed by atoms with Crippen molar-refractivity contribution < 1.29 is 13.9 Å². The lowest BCUT2D eigenvalue weighted by Crippen LogP contribution is -2.21. The second-order valence-electron chi connectivity index (χ2n) is 6.83. The van der Waals surface area contributed by atoms with Crippen LogP contribution in [0.4, 0.5) is 0 Å². The molecule has 1 atom stereocenters. The van der Waals surface area contributed by atoms with Crippen LogP contribution in [0.5, 0.6) is 11.5 Å². The molecule has 154 valence electrons. The molecule has 9 heteroatoms. The number of aromatic nitrogens is 4. The average Bonchev–Trinajstić information content (AvgIpc) is 3.42. The van der Waals surface area contributed by atoms with Gasteiger partial charge in [0.1, 0.15) is 12.7 Å². The van der Waals surface area contributed by atoms with Gasteiger partial charge in [-0.3, -0.25) is 0 Å². The van der Waals surface area contributed by atoms with Crippen LogP contribution < -0.4 is 9.47 Å². The van der Waals surface area contributed by atoms with Gasteiger partial charge in [0, 0.05) is 5.75 Å². The largest absolute Gasteiger partial charge is 0.485 e. The van der Waals surface area contributed by atoms with Crippen molar-refractivity contribution in [1.82, 2.24) is 20.0 Å². The molecule has 1 aliphatic heterocycles. The molecule has 0 amide bonds. The summed E-state index contributed by atoms with van der Waals surface area (Å²) in [7, 11) is 0. The quantitative estimate of drug-likeness (QED) is 0.433. The first-order valence-electron chi connectivity index (χ1n) is 9.61. The van der Waals surface area contributed by atoms with Gasteiger partial charge in [0.15, 0.2) is 11.5 Å². The van der Waals surface area contributed by atoms with Gasteiger partial charge in [-0.25, -0.2) is 4.68 Å².